The van der Waals surface area contributed by atoms with E-state index >= 15 is 0 Å². The highest BCUT2D eigenvalue weighted by molar-refractivity contribution is 5.69. The first kappa shape index (κ1) is 18.0. The van der Waals surface area contributed by atoms with Crippen LogP contribution in [0.3, 0.4) is 0 Å². The van der Waals surface area contributed by atoms with Gasteiger partial charge in [-0.15, -0.1) is 0 Å². The predicted octanol–water partition coefficient (Wildman–Crippen LogP) is 3.73. The third-order valence-electron chi connectivity index (χ3n) is 3.74. The lowest BCUT2D eigenvalue weighted by Crippen LogP contribution is -2.35. The molecule has 1 saturated carbocycles. The zero-order valence-corrected chi connectivity index (χ0v) is 14.4. The molecule has 1 aromatic rings. The Hall–Kier alpha value is -1.39. The second-order valence-electron chi connectivity index (χ2n) is 7.17. The minimum Gasteiger partial charge on any atom is -0.460 e. The fourth-order valence-electron chi connectivity index (χ4n) is 2.57. The van der Waals surface area contributed by atoms with Gasteiger partial charge in [0.15, 0.2) is 0 Å². The Labute approximate surface area is 139 Å². The molecule has 0 amide bonds. The van der Waals surface area contributed by atoms with Gasteiger partial charge in [-0.3, -0.25) is 4.79 Å². The lowest BCUT2D eigenvalue weighted by molar-refractivity contribution is -0.157. The van der Waals surface area contributed by atoms with E-state index in [1.165, 1.54) is 5.56 Å². The lowest BCUT2D eigenvalue weighted by Gasteiger charge is -2.34. The summed E-state index contributed by atoms with van der Waals surface area (Å²) in [7, 11) is 0. The predicted molar refractivity (Wildman–Crippen MR) is 89.0 cm³/mol. The molecule has 0 atom stereocenters. The first-order chi connectivity index (χ1) is 10.9. The van der Waals surface area contributed by atoms with Crippen molar-refractivity contribution in [2.75, 3.05) is 13.2 Å². The fourth-order valence-corrected chi connectivity index (χ4v) is 2.57. The van der Waals surface area contributed by atoms with Gasteiger partial charge in [0.1, 0.15) is 5.60 Å². The summed E-state index contributed by atoms with van der Waals surface area (Å²) in [5, 5.41) is 0. The summed E-state index contributed by atoms with van der Waals surface area (Å²) >= 11 is 0. The Morgan fingerprint density at radius 3 is 2.52 bits per heavy atom. The third-order valence-corrected chi connectivity index (χ3v) is 3.74. The van der Waals surface area contributed by atoms with Crippen LogP contribution in [-0.2, 0) is 25.6 Å². The van der Waals surface area contributed by atoms with E-state index in [2.05, 4.69) is 12.1 Å². The van der Waals surface area contributed by atoms with Crippen molar-refractivity contribution in [3.63, 3.8) is 0 Å². The van der Waals surface area contributed by atoms with Crippen LogP contribution in [0.2, 0.25) is 0 Å². The molecule has 0 aliphatic heterocycles. The summed E-state index contributed by atoms with van der Waals surface area (Å²) in [6, 6.07) is 10.2. The molecule has 23 heavy (non-hydrogen) atoms. The number of esters is 1. The zero-order valence-electron chi connectivity index (χ0n) is 14.4. The van der Waals surface area contributed by atoms with E-state index in [0.29, 0.717) is 25.6 Å². The lowest BCUT2D eigenvalue weighted by atomic mass is 9.83. The van der Waals surface area contributed by atoms with E-state index in [0.717, 1.165) is 19.4 Å². The number of ether oxygens (including phenoxy) is 3. The maximum atomic E-state index is 11.6. The molecule has 1 fully saturated rings. The van der Waals surface area contributed by atoms with Gasteiger partial charge in [-0.1, -0.05) is 30.3 Å². The molecule has 0 heterocycles. The molecule has 0 N–H and O–H groups in total. The van der Waals surface area contributed by atoms with Crippen LogP contribution in [-0.4, -0.2) is 30.9 Å². The van der Waals surface area contributed by atoms with Crippen molar-refractivity contribution in [2.45, 2.75) is 58.3 Å². The largest absolute Gasteiger partial charge is 0.460 e. The van der Waals surface area contributed by atoms with Crippen molar-refractivity contribution in [1.29, 1.82) is 0 Å². The minimum atomic E-state index is -0.422. The average molecular weight is 320 g/mol. The summed E-state index contributed by atoms with van der Waals surface area (Å²) in [4.78, 5) is 11.6. The molecule has 1 aliphatic rings. The minimum absolute atomic E-state index is 0.195. The highest BCUT2D eigenvalue weighted by Gasteiger charge is 2.30. The van der Waals surface area contributed by atoms with Crippen LogP contribution < -0.4 is 0 Å². The molecule has 0 saturated heterocycles. The number of hydrogen-bond acceptors (Lipinski definition) is 4. The van der Waals surface area contributed by atoms with Gasteiger partial charge < -0.3 is 14.2 Å². The van der Waals surface area contributed by atoms with Gasteiger partial charge in [0.25, 0.3) is 0 Å². The summed E-state index contributed by atoms with van der Waals surface area (Å²) in [5.41, 5.74) is 0.784. The van der Waals surface area contributed by atoms with Gasteiger partial charge in [0, 0.05) is 0 Å². The van der Waals surface area contributed by atoms with Crippen molar-refractivity contribution in [3.8, 4) is 0 Å². The van der Waals surface area contributed by atoms with Crippen LogP contribution in [0.25, 0.3) is 0 Å². The Bertz CT molecular complexity index is 472. The number of hydrogen-bond donors (Lipinski definition) is 0. The topological polar surface area (TPSA) is 44.8 Å². The van der Waals surface area contributed by atoms with E-state index in [-0.39, 0.29) is 12.1 Å². The Balaban J connectivity index is 1.48. The number of carbonyl (C=O) groups is 1. The molecule has 4 nitrogen and oxygen atoms in total. The van der Waals surface area contributed by atoms with Crippen LogP contribution in [0.15, 0.2) is 30.3 Å². The van der Waals surface area contributed by atoms with Gasteiger partial charge in [0.05, 0.1) is 32.3 Å². The standard InChI is InChI=1S/C19H28O4/c1-19(2,3)23-18(20)9-10-22-17-11-16(12-17)14-21-13-15-7-5-4-6-8-15/h4-8,16-17H,9-14H2,1-3H3/t16-,17-. The molecular formula is C19H28O4. The first-order valence-electron chi connectivity index (χ1n) is 8.37. The third kappa shape index (κ3) is 7.14. The molecule has 0 unspecified atom stereocenters. The average Bonchev–Trinajstić information content (AvgIpc) is 2.43. The van der Waals surface area contributed by atoms with Crippen molar-refractivity contribution in [1.82, 2.24) is 0 Å². The molecule has 2 rings (SSSR count). The second kappa shape index (κ2) is 8.46. The molecule has 4 heteroatoms. The van der Waals surface area contributed by atoms with Gasteiger partial charge in [-0.2, -0.15) is 0 Å². The van der Waals surface area contributed by atoms with E-state index in [1.54, 1.807) is 0 Å². The van der Waals surface area contributed by atoms with E-state index in [1.807, 2.05) is 39.0 Å². The molecular weight excluding hydrogens is 292 g/mol. The SMILES string of the molecule is CC(C)(C)OC(=O)CCO[C@H]1C[C@H](COCc2ccccc2)C1. The molecule has 0 aromatic heterocycles. The van der Waals surface area contributed by atoms with Crippen LogP contribution in [0.1, 0.15) is 45.6 Å². The molecule has 0 spiro atoms. The van der Waals surface area contributed by atoms with Gasteiger partial charge in [-0.25, -0.2) is 0 Å². The van der Waals surface area contributed by atoms with Gasteiger partial charge in [-0.05, 0) is 45.1 Å². The Morgan fingerprint density at radius 2 is 1.87 bits per heavy atom. The van der Waals surface area contributed by atoms with E-state index < -0.39 is 5.60 Å². The highest BCUT2D eigenvalue weighted by Crippen LogP contribution is 2.30. The first-order valence-corrected chi connectivity index (χ1v) is 8.37. The molecule has 0 radical (unpaired) electrons. The fraction of sp³-hybridized carbons (Fsp3) is 0.632. The summed E-state index contributed by atoms with van der Waals surface area (Å²) in [5.74, 6) is 0.379. The Morgan fingerprint density at radius 1 is 1.17 bits per heavy atom. The van der Waals surface area contributed by atoms with Crippen molar-refractivity contribution < 1.29 is 19.0 Å². The molecule has 0 bridgehead atoms. The number of benzene rings is 1. The van der Waals surface area contributed by atoms with Gasteiger partial charge in [0.2, 0.25) is 0 Å². The second-order valence-corrected chi connectivity index (χ2v) is 7.17. The summed E-state index contributed by atoms with van der Waals surface area (Å²) < 4.78 is 16.7. The highest BCUT2D eigenvalue weighted by atomic mass is 16.6. The summed E-state index contributed by atoms with van der Waals surface area (Å²) in [6.07, 6.45) is 2.62. The van der Waals surface area contributed by atoms with Crippen LogP contribution in [0, 0.1) is 5.92 Å². The van der Waals surface area contributed by atoms with Crippen molar-refractivity contribution >= 4 is 5.97 Å². The maximum Gasteiger partial charge on any atom is 0.308 e. The number of carbonyl (C=O) groups excluding carboxylic acids is 1. The van der Waals surface area contributed by atoms with Crippen LogP contribution in [0.5, 0.6) is 0 Å². The van der Waals surface area contributed by atoms with Crippen LogP contribution in [0.4, 0.5) is 0 Å². The number of rotatable bonds is 8. The normalized spacial score (nSPS) is 20.8. The van der Waals surface area contributed by atoms with Crippen molar-refractivity contribution in [3.05, 3.63) is 35.9 Å². The van der Waals surface area contributed by atoms with E-state index in [9.17, 15) is 4.79 Å². The molecule has 1 aliphatic carbocycles. The molecule has 128 valence electrons. The summed E-state index contributed by atoms with van der Waals surface area (Å²) in [6.45, 7) is 7.51. The quantitative estimate of drug-likeness (QED) is 0.685. The molecule has 1 aromatic carbocycles. The Kier molecular flexibility index (Phi) is 6.60. The van der Waals surface area contributed by atoms with Gasteiger partial charge >= 0.3 is 5.97 Å². The van der Waals surface area contributed by atoms with Crippen LogP contribution >= 0.6 is 0 Å². The van der Waals surface area contributed by atoms with Crippen molar-refractivity contribution in [2.24, 2.45) is 5.92 Å². The van der Waals surface area contributed by atoms with E-state index in [4.69, 9.17) is 14.2 Å². The maximum absolute atomic E-state index is 11.6. The zero-order chi connectivity index (χ0) is 16.7. The smallest absolute Gasteiger partial charge is 0.308 e. The monoisotopic (exact) mass is 320 g/mol.